The number of thiophene rings is 1. The number of nitriles is 1. The van der Waals surface area contributed by atoms with E-state index < -0.39 is 0 Å². The molecule has 3 nitrogen and oxygen atoms in total. The van der Waals surface area contributed by atoms with E-state index >= 15 is 0 Å². The number of carbonyl (C=O) groups is 1. The van der Waals surface area contributed by atoms with Crippen LogP contribution in [0.15, 0.2) is 40.6 Å². The van der Waals surface area contributed by atoms with Crippen molar-refractivity contribution >= 4 is 45.6 Å². The highest BCUT2D eigenvalue weighted by Gasteiger charge is 2.08. The summed E-state index contributed by atoms with van der Waals surface area (Å²) in [6.07, 6.45) is 0. The van der Waals surface area contributed by atoms with E-state index in [-0.39, 0.29) is 5.91 Å². The quantitative estimate of drug-likeness (QED) is 0.868. The Balaban J connectivity index is 1.89. The Morgan fingerprint density at radius 1 is 1.37 bits per heavy atom. The molecule has 1 aromatic heterocycles. The van der Waals surface area contributed by atoms with Crippen molar-refractivity contribution in [1.29, 1.82) is 5.26 Å². The van der Waals surface area contributed by atoms with Crippen LogP contribution in [0.4, 0.5) is 5.00 Å². The minimum absolute atomic E-state index is 0.126. The molecule has 0 saturated heterocycles. The van der Waals surface area contributed by atoms with Gasteiger partial charge in [-0.3, -0.25) is 4.79 Å². The van der Waals surface area contributed by atoms with Crippen molar-refractivity contribution in [1.82, 2.24) is 0 Å². The van der Waals surface area contributed by atoms with Crippen molar-refractivity contribution in [3.63, 3.8) is 0 Å². The number of thioether (sulfide) groups is 1. The van der Waals surface area contributed by atoms with Crippen LogP contribution in [0.25, 0.3) is 0 Å². The predicted molar refractivity (Wildman–Crippen MR) is 79.8 cm³/mol. The largest absolute Gasteiger partial charge is 0.316 e. The van der Waals surface area contributed by atoms with E-state index in [1.807, 2.05) is 18.2 Å². The Hall–Kier alpha value is -1.48. The lowest BCUT2D eigenvalue weighted by molar-refractivity contribution is -0.113. The predicted octanol–water partition coefficient (Wildman–Crippen LogP) is 4.00. The summed E-state index contributed by atoms with van der Waals surface area (Å²) in [6, 6.07) is 11.0. The fourth-order valence-corrected chi connectivity index (χ4v) is 2.91. The van der Waals surface area contributed by atoms with Gasteiger partial charge in [0.1, 0.15) is 11.1 Å². The molecule has 0 spiro atoms. The normalized spacial score (nSPS) is 9.89. The molecule has 19 heavy (non-hydrogen) atoms. The van der Waals surface area contributed by atoms with Crippen molar-refractivity contribution in [3.8, 4) is 6.07 Å². The molecule has 0 unspecified atom stereocenters. The van der Waals surface area contributed by atoms with Gasteiger partial charge in [-0.1, -0.05) is 11.6 Å². The minimum atomic E-state index is -0.126. The number of amides is 1. The molecule has 6 heteroatoms. The summed E-state index contributed by atoms with van der Waals surface area (Å²) in [7, 11) is 0. The average molecular weight is 309 g/mol. The third kappa shape index (κ3) is 4.00. The van der Waals surface area contributed by atoms with Crippen LogP contribution in [-0.2, 0) is 4.79 Å². The summed E-state index contributed by atoms with van der Waals surface area (Å²) < 4.78 is 0. The standard InChI is InChI=1S/C13H9ClN2OS2/c14-10-1-3-11(4-2-10)19-8-12(17)16-13-9(7-15)5-6-18-13/h1-6H,8H2,(H,16,17). The topological polar surface area (TPSA) is 52.9 Å². The maximum absolute atomic E-state index is 11.8. The van der Waals surface area contributed by atoms with Crippen LogP contribution in [0.3, 0.4) is 0 Å². The summed E-state index contributed by atoms with van der Waals surface area (Å²) in [5.74, 6) is 0.170. The number of benzene rings is 1. The van der Waals surface area contributed by atoms with E-state index in [1.54, 1.807) is 23.6 Å². The molecule has 0 saturated carbocycles. The van der Waals surface area contributed by atoms with E-state index in [2.05, 4.69) is 5.32 Å². The Labute approximate surface area is 124 Å². The number of halogens is 1. The first kappa shape index (κ1) is 13.9. The van der Waals surface area contributed by atoms with Gasteiger partial charge in [-0.2, -0.15) is 5.26 Å². The third-order valence-corrected chi connectivity index (χ3v) is 4.32. The van der Waals surface area contributed by atoms with Gasteiger partial charge in [0.05, 0.1) is 11.3 Å². The molecule has 0 radical (unpaired) electrons. The molecule has 0 aliphatic rings. The smallest absolute Gasteiger partial charge is 0.235 e. The number of rotatable bonds is 4. The van der Waals surface area contributed by atoms with Gasteiger partial charge in [-0.15, -0.1) is 23.1 Å². The summed E-state index contributed by atoms with van der Waals surface area (Å²) in [5, 5.41) is 14.6. The SMILES string of the molecule is N#Cc1ccsc1NC(=O)CSc1ccc(Cl)cc1. The summed E-state index contributed by atoms with van der Waals surface area (Å²) in [4.78, 5) is 12.7. The van der Waals surface area contributed by atoms with E-state index in [0.29, 0.717) is 21.3 Å². The number of hydrogen-bond acceptors (Lipinski definition) is 4. The van der Waals surface area contributed by atoms with Crippen molar-refractivity contribution in [2.24, 2.45) is 0 Å². The monoisotopic (exact) mass is 308 g/mol. The molecule has 1 N–H and O–H groups in total. The van der Waals surface area contributed by atoms with Gasteiger partial charge in [0, 0.05) is 9.92 Å². The molecule has 1 aromatic carbocycles. The number of nitrogens with zero attached hydrogens (tertiary/aromatic N) is 1. The van der Waals surface area contributed by atoms with Crippen molar-refractivity contribution < 1.29 is 4.79 Å². The molecule has 0 atom stereocenters. The van der Waals surface area contributed by atoms with Gasteiger partial charge in [-0.25, -0.2) is 0 Å². The molecule has 0 aliphatic heterocycles. The van der Waals surface area contributed by atoms with Crippen molar-refractivity contribution in [2.75, 3.05) is 11.1 Å². The highest BCUT2D eigenvalue weighted by atomic mass is 35.5. The van der Waals surface area contributed by atoms with Crippen molar-refractivity contribution in [2.45, 2.75) is 4.90 Å². The second-order valence-electron chi connectivity index (χ2n) is 3.57. The van der Waals surface area contributed by atoms with Gasteiger partial charge < -0.3 is 5.32 Å². The number of nitrogens with one attached hydrogen (secondary N) is 1. The lowest BCUT2D eigenvalue weighted by Crippen LogP contribution is -2.13. The summed E-state index contributed by atoms with van der Waals surface area (Å²) in [6.45, 7) is 0. The fraction of sp³-hybridized carbons (Fsp3) is 0.0769. The number of carbonyl (C=O) groups excluding carboxylic acids is 1. The van der Waals surface area contributed by atoms with E-state index in [9.17, 15) is 4.79 Å². The van der Waals surface area contributed by atoms with Gasteiger partial charge in [0.25, 0.3) is 0 Å². The van der Waals surface area contributed by atoms with Crippen LogP contribution in [0.2, 0.25) is 5.02 Å². The van der Waals surface area contributed by atoms with E-state index in [4.69, 9.17) is 16.9 Å². The van der Waals surface area contributed by atoms with Crippen LogP contribution in [0.5, 0.6) is 0 Å². The van der Waals surface area contributed by atoms with E-state index in [1.165, 1.54) is 23.1 Å². The highest BCUT2D eigenvalue weighted by Crippen LogP contribution is 2.24. The lowest BCUT2D eigenvalue weighted by atomic mass is 10.3. The van der Waals surface area contributed by atoms with Crippen LogP contribution in [0, 0.1) is 11.3 Å². The second-order valence-corrected chi connectivity index (χ2v) is 5.97. The Morgan fingerprint density at radius 2 is 2.11 bits per heavy atom. The highest BCUT2D eigenvalue weighted by molar-refractivity contribution is 8.00. The molecular formula is C13H9ClN2OS2. The Bertz CT molecular complexity index is 616. The second kappa shape index (κ2) is 6.62. The molecular weight excluding hydrogens is 300 g/mol. The minimum Gasteiger partial charge on any atom is -0.316 e. The molecule has 96 valence electrons. The fourth-order valence-electron chi connectivity index (χ4n) is 1.34. The van der Waals surface area contributed by atoms with Crippen molar-refractivity contribution in [3.05, 3.63) is 46.3 Å². The summed E-state index contributed by atoms with van der Waals surface area (Å²) in [5.41, 5.74) is 0.495. The Morgan fingerprint density at radius 3 is 2.79 bits per heavy atom. The zero-order valence-electron chi connectivity index (χ0n) is 9.72. The zero-order valence-corrected chi connectivity index (χ0v) is 12.1. The average Bonchev–Trinajstić information content (AvgIpc) is 2.85. The van der Waals surface area contributed by atoms with Gasteiger partial charge in [-0.05, 0) is 35.7 Å². The number of anilines is 1. The maximum atomic E-state index is 11.8. The number of hydrogen-bond donors (Lipinski definition) is 1. The molecule has 2 rings (SSSR count). The lowest BCUT2D eigenvalue weighted by Gasteiger charge is -2.03. The third-order valence-electron chi connectivity index (χ3n) is 2.22. The first-order valence-corrected chi connectivity index (χ1v) is 7.59. The zero-order chi connectivity index (χ0) is 13.7. The van der Waals surface area contributed by atoms with Gasteiger partial charge in [0.2, 0.25) is 5.91 Å². The molecule has 0 fully saturated rings. The molecule has 0 aliphatic carbocycles. The van der Waals surface area contributed by atoms with Crippen LogP contribution >= 0.6 is 34.7 Å². The first-order chi connectivity index (χ1) is 9.19. The first-order valence-electron chi connectivity index (χ1n) is 5.35. The van der Waals surface area contributed by atoms with E-state index in [0.717, 1.165) is 4.90 Å². The van der Waals surface area contributed by atoms with Crippen LogP contribution in [0.1, 0.15) is 5.56 Å². The maximum Gasteiger partial charge on any atom is 0.235 e. The molecule has 0 bridgehead atoms. The Kier molecular flexibility index (Phi) is 4.86. The van der Waals surface area contributed by atoms with Crippen LogP contribution < -0.4 is 5.32 Å². The molecule has 1 heterocycles. The molecule has 2 aromatic rings. The van der Waals surface area contributed by atoms with Crippen LogP contribution in [-0.4, -0.2) is 11.7 Å². The van der Waals surface area contributed by atoms with Gasteiger partial charge in [0.15, 0.2) is 0 Å². The molecule has 1 amide bonds. The van der Waals surface area contributed by atoms with Gasteiger partial charge >= 0.3 is 0 Å². The summed E-state index contributed by atoms with van der Waals surface area (Å²) >= 11 is 8.55.